The number of nitro benzene ring substituents is 1. The quantitative estimate of drug-likeness (QED) is 0.571. The minimum absolute atomic E-state index is 0.128. The maximum absolute atomic E-state index is 10.6. The minimum Gasteiger partial charge on any atom is -0.258 e. The summed E-state index contributed by atoms with van der Waals surface area (Å²) in [5.41, 5.74) is 1.82. The first-order chi connectivity index (χ1) is 6.60. The number of nitrogens with zero attached hydrogens (tertiary/aromatic N) is 1. The van der Waals surface area contributed by atoms with Gasteiger partial charge in [-0.05, 0) is 24.0 Å². The summed E-state index contributed by atoms with van der Waals surface area (Å²) in [5, 5.41) is 11.3. The van der Waals surface area contributed by atoms with E-state index in [1.165, 1.54) is 0 Å². The molecule has 0 unspecified atom stereocenters. The van der Waals surface area contributed by atoms with Crippen LogP contribution in [0.4, 0.5) is 5.69 Å². The van der Waals surface area contributed by atoms with E-state index in [-0.39, 0.29) is 10.6 Å². The fraction of sp³-hybridized carbons (Fsp3) is 0.400. The third-order valence-corrected chi connectivity index (χ3v) is 2.67. The zero-order valence-corrected chi connectivity index (χ0v) is 8.97. The Morgan fingerprint density at radius 1 is 1.29 bits per heavy atom. The molecule has 0 amide bonds. The fourth-order valence-corrected chi connectivity index (χ4v) is 1.73. The molecule has 0 heterocycles. The molecule has 1 rings (SSSR count). The Kier molecular flexibility index (Phi) is 3.47. The van der Waals surface area contributed by atoms with Crippen LogP contribution in [-0.4, -0.2) is 4.92 Å². The smallest absolute Gasteiger partial charge is 0.258 e. The normalized spacial score (nSPS) is 10.2. The SMILES string of the molecule is CCc1cc([N+](=O)[O-])cc(CC)c1Cl. The van der Waals surface area contributed by atoms with Crippen LogP contribution < -0.4 is 0 Å². The number of rotatable bonds is 3. The molecule has 14 heavy (non-hydrogen) atoms. The van der Waals surface area contributed by atoms with Crippen LogP contribution in [0, 0.1) is 10.1 Å². The molecule has 0 spiro atoms. The molecule has 76 valence electrons. The minimum atomic E-state index is -0.380. The molecule has 0 N–H and O–H groups in total. The Morgan fingerprint density at radius 3 is 2.00 bits per heavy atom. The summed E-state index contributed by atoms with van der Waals surface area (Å²) in [6.07, 6.45) is 1.43. The van der Waals surface area contributed by atoms with Gasteiger partial charge in [-0.1, -0.05) is 25.4 Å². The molecule has 0 aliphatic heterocycles. The number of halogens is 1. The summed E-state index contributed by atoms with van der Waals surface area (Å²) in [4.78, 5) is 10.2. The maximum atomic E-state index is 10.6. The molecule has 0 saturated carbocycles. The van der Waals surface area contributed by atoms with Crippen molar-refractivity contribution in [3.63, 3.8) is 0 Å². The molecular formula is C10H12ClNO2. The largest absolute Gasteiger partial charge is 0.270 e. The van der Waals surface area contributed by atoms with Gasteiger partial charge in [0, 0.05) is 17.2 Å². The van der Waals surface area contributed by atoms with Gasteiger partial charge in [0.2, 0.25) is 0 Å². The van der Waals surface area contributed by atoms with E-state index in [1.54, 1.807) is 12.1 Å². The van der Waals surface area contributed by atoms with Gasteiger partial charge >= 0.3 is 0 Å². The molecule has 0 radical (unpaired) electrons. The highest BCUT2D eigenvalue weighted by atomic mass is 35.5. The molecule has 3 nitrogen and oxygen atoms in total. The van der Waals surface area contributed by atoms with Crippen molar-refractivity contribution >= 4 is 17.3 Å². The Hall–Kier alpha value is -1.09. The zero-order valence-electron chi connectivity index (χ0n) is 8.21. The van der Waals surface area contributed by atoms with E-state index in [0.717, 1.165) is 11.1 Å². The second-order valence-corrected chi connectivity index (χ2v) is 3.42. The third kappa shape index (κ3) is 2.04. The van der Waals surface area contributed by atoms with E-state index in [1.807, 2.05) is 13.8 Å². The summed E-state index contributed by atoms with van der Waals surface area (Å²) in [7, 11) is 0. The molecule has 0 saturated heterocycles. The number of hydrogen-bond donors (Lipinski definition) is 0. The predicted octanol–water partition coefficient (Wildman–Crippen LogP) is 3.37. The van der Waals surface area contributed by atoms with E-state index in [4.69, 9.17) is 11.6 Å². The van der Waals surface area contributed by atoms with Gasteiger partial charge in [0.25, 0.3) is 5.69 Å². The summed E-state index contributed by atoms with van der Waals surface area (Å²) < 4.78 is 0. The van der Waals surface area contributed by atoms with Gasteiger partial charge in [-0.15, -0.1) is 0 Å². The number of benzene rings is 1. The van der Waals surface area contributed by atoms with E-state index in [0.29, 0.717) is 17.9 Å². The van der Waals surface area contributed by atoms with Crippen molar-refractivity contribution in [2.24, 2.45) is 0 Å². The van der Waals surface area contributed by atoms with Crippen molar-refractivity contribution in [2.45, 2.75) is 26.7 Å². The summed E-state index contributed by atoms with van der Waals surface area (Å²) in [5.74, 6) is 0. The van der Waals surface area contributed by atoms with Crippen molar-refractivity contribution in [2.75, 3.05) is 0 Å². The van der Waals surface area contributed by atoms with Crippen LogP contribution >= 0.6 is 11.6 Å². The lowest BCUT2D eigenvalue weighted by Gasteiger charge is -2.06. The summed E-state index contributed by atoms with van der Waals surface area (Å²) >= 11 is 6.06. The zero-order chi connectivity index (χ0) is 10.7. The first-order valence-corrected chi connectivity index (χ1v) is 4.93. The topological polar surface area (TPSA) is 43.1 Å². The maximum Gasteiger partial charge on any atom is 0.270 e. The summed E-state index contributed by atoms with van der Waals surface area (Å²) in [6.45, 7) is 3.87. The number of hydrogen-bond acceptors (Lipinski definition) is 2. The first-order valence-electron chi connectivity index (χ1n) is 4.55. The van der Waals surface area contributed by atoms with Crippen molar-refractivity contribution in [1.29, 1.82) is 0 Å². The van der Waals surface area contributed by atoms with Crippen LogP contribution in [0.15, 0.2) is 12.1 Å². The van der Waals surface area contributed by atoms with Crippen molar-refractivity contribution in [3.05, 3.63) is 38.4 Å². The highest BCUT2D eigenvalue weighted by Crippen LogP contribution is 2.27. The number of nitro groups is 1. The average molecular weight is 214 g/mol. The van der Waals surface area contributed by atoms with Gasteiger partial charge < -0.3 is 0 Å². The van der Waals surface area contributed by atoms with Crippen LogP contribution in [0.25, 0.3) is 0 Å². The fourth-order valence-electron chi connectivity index (χ4n) is 1.35. The third-order valence-electron chi connectivity index (χ3n) is 2.18. The molecule has 0 aromatic heterocycles. The van der Waals surface area contributed by atoms with Gasteiger partial charge in [-0.2, -0.15) is 0 Å². The van der Waals surface area contributed by atoms with Crippen LogP contribution in [-0.2, 0) is 12.8 Å². The average Bonchev–Trinajstić information content (AvgIpc) is 2.17. The first kappa shape index (κ1) is 11.0. The molecule has 0 aliphatic rings. The molecule has 0 bridgehead atoms. The molecule has 0 fully saturated rings. The van der Waals surface area contributed by atoms with Gasteiger partial charge in [0.05, 0.1) is 4.92 Å². The lowest BCUT2D eigenvalue weighted by atomic mass is 10.1. The highest BCUT2D eigenvalue weighted by Gasteiger charge is 2.12. The van der Waals surface area contributed by atoms with Crippen LogP contribution in [0.1, 0.15) is 25.0 Å². The van der Waals surface area contributed by atoms with Crippen molar-refractivity contribution in [1.82, 2.24) is 0 Å². The molecule has 0 aliphatic carbocycles. The molecule has 4 heteroatoms. The van der Waals surface area contributed by atoms with Crippen molar-refractivity contribution < 1.29 is 4.92 Å². The molecule has 1 aromatic carbocycles. The summed E-state index contributed by atoms with van der Waals surface area (Å²) in [6, 6.07) is 3.09. The van der Waals surface area contributed by atoms with E-state index < -0.39 is 0 Å². The van der Waals surface area contributed by atoms with E-state index in [2.05, 4.69) is 0 Å². The number of non-ortho nitro benzene ring substituents is 1. The second kappa shape index (κ2) is 4.42. The van der Waals surface area contributed by atoms with E-state index >= 15 is 0 Å². The van der Waals surface area contributed by atoms with Crippen molar-refractivity contribution in [3.8, 4) is 0 Å². The van der Waals surface area contributed by atoms with Crippen LogP contribution in [0.3, 0.4) is 0 Å². The second-order valence-electron chi connectivity index (χ2n) is 3.04. The van der Waals surface area contributed by atoms with Gasteiger partial charge in [-0.25, -0.2) is 0 Å². The molecular weight excluding hydrogens is 202 g/mol. The Balaban J connectivity index is 3.32. The van der Waals surface area contributed by atoms with E-state index in [9.17, 15) is 10.1 Å². The Labute approximate surface area is 87.8 Å². The lowest BCUT2D eigenvalue weighted by molar-refractivity contribution is -0.385. The predicted molar refractivity (Wildman–Crippen MR) is 56.9 cm³/mol. The van der Waals surface area contributed by atoms with Gasteiger partial charge in [0.15, 0.2) is 0 Å². The standard InChI is InChI=1S/C10H12ClNO2/c1-3-7-5-9(12(13)14)6-8(4-2)10(7)11/h5-6H,3-4H2,1-2H3. The highest BCUT2D eigenvalue weighted by molar-refractivity contribution is 6.32. The van der Waals surface area contributed by atoms with Crippen LogP contribution in [0.5, 0.6) is 0 Å². The monoisotopic (exact) mass is 213 g/mol. The molecule has 0 atom stereocenters. The number of aryl methyl sites for hydroxylation is 2. The van der Waals surface area contributed by atoms with Gasteiger partial charge in [-0.3, -0.25) is 10.1 Å². The van der Waals surface area contributed by atoms with Gasteiger partial charge in [0.1, 0.15) is 0 Å². The Bertz CT molecular complexity index is 338. The lowest BCUT2D eigenvalue weighted by Crippen LogP contribution is -1.95. The Morgan fingerprint density at radius 2 is 1.71 bits per heavy atom. The molecule has 1 aromatic rings. The van der Waals surface area contributed by atoms with Crippen LogP contribution in [0.2, 0.25) is 5.02 Å².